The Morgan fingerprint density at radius 1 is 0.875 bits per heavy atom. The minimum absolute atomic E-state index is 0.0140. The van der Waals surface area contributed by atoms with Crippen molar-refractivity contribution in [3.05, 3.63) is 39.6 Å². The minimum Gasteiger partial charge on any atom is -0.505 e. The lowest BCUT2D eigenvalue weighted by Crippen LogP contribution is -1.88. The summed E-state index contributed by atoms with van der Waals surface area (Å²) in [5.41, 5.74) is 0.566. The van der Waals surface area contributed by atoms with Crippen molar-refractivity contribution in [3.8, 4) is 17.1 Å². The van der Waals surface area contributed by atoms with Crippen LogP contribution in [0.1, 0.15) is 0 Å². The van der Waals surface area contributed by atoms with Crippen LogP contribution in [0, 0.1) is 0 Å². The maximum absolute atomic E-state index is 9.07. The van der Waals surface area contributed by atoms with E-state index in [9.17, 15) is 0 Å². The molecule has 0 aliphatic heterocycles. The van der Waals surface area contributed by atoms with Gasteiger partial charge in [0.25, 0.3) is 0 Å². The molecule has 0 radical (unpaired) electrons. The summed E-state index contributed by atoms with van der Waals surface area (Å²) in [5.74, 6) is 0.362. The molecular formula is C10H5Cl3N2O. The lowest BCUT2D eigenvalue weighted by atomic mass is 10.2. The number of nitrogens with zero attached hydrogens (tertiary/aromatic N) is 2. The van der Waals surface area contributed by atoms with Gasteiger partial charge in [-0.2, -0.15) is 0 Å². The number of benzene rings is 1. The van der Waals surface area contributed by atoms with Gasteiger partial charge in [0.15, 0.2) is 11.6 Å². The molecule has 2 aromatic rings. The zero-order valence-corrected chi connectivity index (χ0v) is 10.1. The lowest BCUT2D eigenvalue weighted by Gasteiger charge is -2.04. The number of aromatic hydroxyl groups is 1. The van der Waals surface area contributed by atoms with Gasteiger partial charge >= 0.3 is 0 Å². The monoisotopic (exact) mass is 274 g/mol. The molecule has 0 unspecified atom stereocenters. The molecular weight excluding hydrogens is 270 g/mol. The van der Waals surface area contributed by atoms with E-state index in [0.29, 0.717) is 26.5 Å². The van der Waals surface area contributed by atoms with Gasteiger partial charge in [-0.15, -0.1) is 0 Å². The Kier molecular flexibility index (Phi) is 3.19. The SMILES string of the molecule is Oc1cnc(-c2cc(Cl)c(Cl)cc2Cl)nc1. The molecule has 0 bridgehead atoms. The molecule has 1 N–H and O–H groups in total. The lowest BCUT2D eigenvalue weighted by molar-refractivity contribution is 0.470. The van der Waals surface area contributed by atoms with Gasteiger partial charge in [-0.1, -0.05) is 34.8 Å². The van der Waals surface area contributed by atoms with Crippen molar-refractivity contribution in [1.29, 1.82) is 0 Å². The summed E-state index contributed by atoms with van der Waals surface area (Å²) in [7, 11) is 0. The number of halogens is 3. The molecule has 0 aliphatic carbocycles. The molecule has 1 aromatic heterocycles. The van der Waals surface area contributed by atoms with Gasteiger partial charge in [-0.05, 0) is 12.1 Å². The highest BCUT2D eigenvalue weighted by Crippen LogP contribution is 2.33. The van der Waals surface area contributed by atoms with Crippen LogP contribution in [0.2, 0.25) is 15.1 Å². The first-order chi connectivity index (χ1) is 7.58. The Bertz CT molecular complexity index is 528. The van der Waals surface area contributed by atoms with Gasteiger partial charge in [0.05, 0.1) is 27.5 Å². The molecule has 16 heavy (non-hydrogen) atoms. The zero-order chi connectivity index (χ0) is 11.7. The highest BCUT2D eigenvalue weighted by molar-refractivity contribution is 6.44. The molecule has 82 valence electrons. The highest BCUT2D eigenvalue weighted by Gasteiger charge is 2.10. The number of rotatable bonds is 1. The number of aromatic nitrogens is 2. The standard InChI is InChI=1S/C10H5Cl3N2O/c11-7-2-9(13)8(12)1-6(7)10-14-3-5(16)4-15-10/h1-4,16H. The van der Waals surface area contributed by atoms with Gasteiger partial charge in [-0.3, -0.25) is 0 Å². The maximum atomic E-state index is 9.07. The number of hydrogen-bond acceptors (Lipinski definition) is 3. The van der Waals surface area contributed by atoms with E-state index in [1.54, 1.807) is 6.07 Å². The summed E-state index contributed by atoms with van der Waals surface area (Å²) in [5, 5.41) is 10.2. The zero-order valence-electron chi connectivity index (χ0n) is 7.78. The van der Waals surface area contributed by atoms with Crippen LogP contribution in [0.5, 0.6) is 5.75 Å². The molecule has 2 rings (SSSR count). The van der Waals surface area contributed by atoms with E-state index >= 15 is 0 Å². The van der Waals surface area contributed by atoms with E-state index < -0.39 is 0 Å². The average molecular weight is 276 g/mol. The summed E-state index contributed by atoms with van der Waals surface area (Å²) in [6.07, 6.45) is 2.56. The predicted octanol–water partition coefficient (Wildman–Crippen LogP) is 3.81. The fraction of sp³-hybridized carbons (Fsp3) is 0. The van der Waals surface area contributed by atoms with Gasteiger partial charge in [0.2, 0.25) is 0 Å². The second-order valence-electron chi connectivity index (χ2n) is 3.01. The average Bonchev–Trinajstić information content (AvgIpc) is 2.25. The van der Waals surface area contributed by atoms with Crippen LogP contribution < -0.4 is 0 Å². The molecule has 0 aliphatic rings. The summed E-state index contributed by atoms with van der Waals surface area (Å²) < 4.78 is 0. The molecule has 1 aromatic carbocycles. The molecule has 3 nitrogen and oxygen atoms in total. The molecule has 6 heteroatoms. The summed E-state index contributed by atoms with van der Waals surface area (Å²) >= 11 is 17.7. The summed E-state index contributed by atoms with van der Waals surface area (Å²) in [6.45, 7) is 0. The van der Waals surface area contributed by atoms with Gasteiger partial charge in [0.1, 0.15) is 0 Å². The normalized spacial score (nSPS) is 10.4. The topological polar surface area (TPSA) is 46.0 Å². The first-order valence-corrected chi connectivity index (χ1v) is 5.37. The molecule has 0 saturated carbocycles. The predicted molar refractivity (Wildman–Crippen MR) is 64.2 cm³/mol. The third kappa shape index (κ3) is 2.21. The second-order valence-corrected chi connectivity index (χ2v) is 4.23. The van der Waals surface area contributed by atoms with Crippen molar-refractivity contribution < 1.29 is 5.11 Å². The highest BCUT2D eigenvalue weighted by atomic mass is 35.5. The Morgan fingerprint density at radius 3 is 2.06 bits per heavy atom. The van der Waals surface area contributed by atoms with E-state index in [4.69, 9.17) is 39.9 Å². The van der Waals surface area contributed by atoms with E-state index in [-0.39, 0.29) is 5.75 Å². The Balaban J connectivity index is 2.56. The Morgan fingerprint density at radius 2 is 1.44 bits per heavy atom. The second kappa shape index (κ2) is 4.45. The van der Waals surface area contributed by atoms with Crippen molar-refractivity contribution in [2.45, 2.75) is 0 Å². The largest absolute Gasteiger partial charge is 0.505 e. The van der Waals surface area contributed by atoms with Crippen LogP contribution in [-0.4, -0.2) is 15.1 Å². The van der Waals surface area contributed by atoms with Crippen LogP contribution in [0.3, 0.4) is 0 Å². The first-order valence-electron chi connectivity index (χ1n) is 4.24. The van der Waals surface area contributed by atoms with E-state index in [2.05, 4.69) is 9.97 Å². The van der Waals surface area contributed by atoms with E-state index in [0.717, 1.165) is 0 Å². The Labute approximate surface area is 107 Å². The van der Waals surface area contributed by atoms with Crippen molar-refractivity contribution in [2.75, 3.05) is 0 Å². The smallest absolute Gasteiger partial charge is 0.160 e. The Hall–Kier alpha value is -1.03. The third-order valence-electron chi connectivity index (χ3n) is 1.89. The van der Waals surface area contributed by atoms with Crippen LogP contribution >= 0.6 is 34.8 Å². The molecule has 0 spiro atoms. The van der Waals surface area contributed by atoms with Crippen LogP contribution in [0.4, 0.5) is 0 Å². The van der Waals surface area contributed by atoms with Crippen molar-refractivity contribution in [1.82, 2.24) is 9.97 Å². The first kappa shape index (κ1) is 11.5. The van der Waals surface area contributed by atoms with Crippen molar-refractivity contribution >= 4 is 34.8 Å². The molecule has 0 saturated heterocycles. The van der Waals surface area contributed by atoms with Crippen LogP contribution in [-0.2, 0) is 0 Å². The van der Waals surface area contributed by atoms with Gasteiger partial charge < -0.3 is 5.11 Å². The molecule has 0 atom stereocenters. The van der Waals surface area contributed by atoms with Crippen molar-refractivity contribution in [2.24, 2.45) is 0 Å². The fourth-order valence-electron chi connectivity index (χ4n) is 1.15. The third-order valence-corrected chi connectivity index (χ3v) is 2.92. The van der Waals surface area contributed by atoms with Gasteiger partial charge in [0, 0.05) is 5.56 Å². The minimum atomic E-state index is -0.0140. The van der Waals surface area contributed by atoms with Crippen LogP contribution in [0.25, 0.3) is 11.4 Å². The molecule has 0 fully saturated rings. The van der Waals surface area contributed by atoms with Crippen molar-refractivity contribution in [3.63, 3.8) is 0 Å². The number of hydrogen-bond donors (Lipinski definition) is 1. The molecule has 1 heterocycles. The van der Waals surface area contributed by atoms with Gasteiger partial charge in [-0.25, -0.2) is 9.97 Å². The van der Waals surface area contributed by atoms with Crippen LogP contribution in [0.15, 0.2) is 24.5 Å². The fourth-order valence-corrected chi connectivity index (χ4v) is 1.79. The molecule has 0 amide bonds. The van der Waals surface area contributed by atoms with E-state index in [1.165, 1.54) is 18.5 Å². The maximum Gasteiger partial charge on any atom is 0.160 e. The summed E-state index contributed by atoms with van der Waals surface area (Å²) in [6, 6.07) is 3.11. The quantitative estimate of drug-likeness (QED) is 0.805. The summed E-state index contributed by atoms with van der Waals surface area (Å²) in [4.78, 5) is 7.87. The van der Waals surface area contributed by atoms with E-state index in [1.807, 2.05) is 0 Å².